The van der Waals surface area contributed by atoms with Crippen molar-refractivity contribution in [1.29, 1.82) is 0 Å². The molecule has 1 aromatic carbocycles. The van der Waals surface area contributed by atoms with E-state index in [4.69, 9.17) is 4.74 Å². The topological polar surface area (TPSA) is 71.5 Å². The molecular weight excluding hydrogens is 370 g/mol. The first-order valence-electron chi connectivity index (χ1n) is 8.05. The van der Waals surface area contributed by atoms with Crippen molar-refractivity contribution in [2.24, 2.45) is 0 Å². The largest absolute Gasteiger partial charge is 0.492 e. The van der Waals surface area contributed by atoms with E-state index in [0.29, 0.717) is 24.1 Å². The summed E-state index contributed by atoms with van der Waals surface area (Å²) in [6.45, 7) is 5.36. The van der Waals surface area contributed by atoms with Crippen LogP contribution in [0.3, 0.4) is 0 Å². The lowest BCUT2D eigenvalue weighted by atomic mass is 10.2. The van der Waals surface area contributed by atoms with Crippen molar-refractivity contribution in [3.8, 4) is 5.75 Å². The fraction of sp³-hybridized carbons (Fsp3) is 0.278. The number of thioether (sulfide) groups is 1. The van der Waals surface area contributed by atoms with Crippen LogP contribution < -0.4 is 15.0 Å². The lowest BCUT2D eigenvalue weighted by Crippen LogP contribution is -2.23. The van der Waals surface area contributed by atoms with Gasteiger partial charge in [0, 0.05) is 23.7 Å². The second-order valence-electron chi connectivity index (χ2n) is 5.84. The number of anilines is 1. The average molecular weight is 390 g/mol. The first-order valence-corrected chi connectivity index (χ1v) is 9.68. The van der Waals surface area contributed by atoms with Crippen LogP contribution >= 0.6 is 23.1 Å². The third-order valence-corrected chi connectivity index (χ3v) is 5.75. The minimum absolute atomic E-state index is 0.258. The number of nitrogens with zero attached hydrogens (tertiary/aromatic N) is 2. The van der Waals surface area contributed by atoms with E-state index in [2.05, 4.69) is 22.1 Å². The van der Waals surface area contributed by atoms with Gasteiger partial charge in [0.25, 0.3) is 5.24 Å². The monoisotopic (exact) mass is 389 g/mol. The van der Waals surface area contributed by atoms with Crippen LogP contribution in [0.5, 0.6) is 5.75 Å². The van der Waals surface area contributed by atoms with Gasteiger partial charge in [0.2, 0.25) is 5.12 Å². The molecule has 0 unspecified atom stereocenters. The van der Waals surface area contributed by atoms with Crippen LogP contribution in [0, 0.1) is 13.8 Å². The highest BCUT2D eigenvalue weighted by Crippen LogP contribution is 2.24. The van der Waals surface area contributed by atoms with Crippen LogP contribution in [0.25, 0.3) is 6.08 Å². The lowest BCUT2D eigenvalue weighted by Gasteiger charge is -2.16. The summed E-state index contributed by atoms with van der Waals surface area (Å²) in [5, 5.41) is 2.93. The molecule has 1 aromatic heterocycles. The standard InChI is InChI=1S/C18H19N3O3S2/c1-11-12(2)25-17(19-11)21(3)8-9-24-14-6-4-13(5-7-14)10-15-16(22)26-18(23)20-15/h4-7,10H,8-9H2,1-3H3,(H,20,23). The van der Waals surface area contributed by atoms with Gasteiger partial charge < -0.3 is 15.0 Å². The molecule has 0 bridgehead atoms. The van der Waals surface area contributed by atoms with Gasteiger partial charge in [0.15, 0.2) is 5.13 Å². The minimum atomic E-state index is -0.337. The van der Waals surface area contributed by atoms with E-state index in [1.807, 2.05) is 38.2 Å². The Balaban J connectivity index is 1.52. The van der Waals surface area contributed by atoms with Gasteiger partial charge in [-0.3, -0.25) is 9.59 Å². The molecule has 0 aliphatic carbocycles. The van der Waals surface area contributed by atoms with E-state index in [1.165, 1.54) is 4.88 Å². The number of likely N-dealkylation sites (N-methyl/N-ethyl adjacent to an activating group) is 1. The maximum Gasteiger partial charge on any atom is 0.291 e. The van der Waals surface area contributed by atoms with Crippen LogP contribution in [-0.4, -0.2) is 35.5 Å². The molecule has 0 radical (unpaired) electrons. The van der Waals surface area contributed by atoms with E-state index < -0.39 is 0 Å². The molecule has 0 spiro atoms. The highest BCUT2D eigenvalue weighted by Gasteiger charge is 2.25. The lowest BCUT2D eigenvalue weighted by molar-refractivity contribution is -0.107. The summed E-state index contributed by atoms with van der Waals surface area (Å²) < 4.78 is 5.77. The molecule has 6 nitrogen and oxygen atoms in total. The number of thiazole rings is 1. The third-order valence-electron chi connectivity index (χ3n) is 3.87. The molecule has 2 heterocycles. The number of nitrogens with one attached hydrogen (secondary N) is 1. The normalized spacial score (nSPS) is 15.4. The van der Waals surface area contributed by atoms with Gasteiger partial charge in [-0.2, -0.15) is 0 Å². The molecule has 1 aliphatic heterocycles. The first kappa shape index (κ1) is 18.5. The number of carbonyl (C=O) groups is 2. The van der Waals surface area contributed by atoms with Gasteiger partial charge in [-0.1, -0.05) is 12.1 Å². The summed E-state index contributed by atoms with van der Waals surface area (Å²) in [5.41, 5.74) is 2.21. The second-order valence-corrected chi connectivity index (χ2v) is 7.96. The molecule has 3 rings (SSSR count). The first-order chi connectivity index (χ1) is 12.4. The van der Waals surface area contributed by atoms with E-state index in [-0.39, 0.29) is 10.4 Å². The van der Waals surface area contributed by atoms with Crippen molar-refractivity contribution in [2.75, 3.05) is 25.1 Å². The number of rotatable bonds is 6. The van der Waals surface area contributed by atoms with E-state index in [0.717, 1.165) is 28.7 Å². The number of ether oxygens (including phenoxy) is 1. The van der Waals surface area contributed by atoms with Crippen molar-refractivity contribution in [3.63, 3.8) is 0 Å². The molecule has 26 heavy (non-hydrogen) atoms. The maximum atomic E-state index is 11.6. The van der Waals surface area contributed by atoms with Crippen molar-refractivity contribution < 1.29 is 14.3 Å². The molecule has 1 fully saturated rings. The van der Waals surface area contributed by atoms with Gasteiger partial charge in [-0.05, 0) is 37.6 Å². The molecular formula is C18H19N3O3S2. The van der Waals surface area contributed by atoms with Gasteiger partial charge >= 0.3 is 0 Å². The maximum absolute atomic E-state index is 11.6. The van der Waals surface area contributed by atoms with Crippen LogP contribution in [0.4, 0.5) is 9.93 Å². The Labute approximate surface area is 160 Å². The summed E-state index contributed by atoms with van der Waals surface area (Å²) in [6.07, 6.45) is 1.66. The van der Waals surface area contributed by atoms with E-state index >= 15 is 0 Å². The van der Waals surface area contributed by atoms with Gasteiger partial charge in [-0.15, -0.1) is 11.3 Å². The Bertz CT molecular complexity index is 840. The Hall–Kier alpha value is -2.32. The van der Waals surface area contributed by atoms with Gasteiger partial charge in [0.05, 0.1) is 17.9 Å². The molecule has 1 saturated heterocycles. The Morgan fingerprint density at radius 1 is 1.23 bits per heavy atom. The number of amides is 1. The number of benzene rings is 1. The highest BCUT2D eigenvalue weighted by molar-refractivity contribution is 8.27. The quantitative estimate of drug-likeness (QED) is 0.761. The molecule has 1 amide bonds. The number of hydrogen-bond acceptors (Lipinski definition) is 7. The summed E-state index contributed by atoms with van der Waals surface area (Å²) in [4.78, 5) is 30.6. The number of carbonyl (C=O) groups excluding carboxylic acids is 2. The average Bonchev–Trinajstić information content (AvgIpc) is 3.10. The third kappa shape index (κ3) is 4.44. The van der Waals surface area contributed by atoms with Crippen LogP contribution in [-0.2, 0) is 4.79 Å². The van der Waals surface area contributed by atoms with Gasteiger partial charge in [-0.25, -0.2) is 4.98 Å². The van der Waals surface area contributed by atoms with Crippen LogP contribution in [0.1, 0.15) is 16.1 Å². The summed E-state index contributed by atoms with van der Waals surface area (Å²) in [7, 11) is 2.00. The van der Waals surface area contributed by atoms with Crippen molar-refractivity contribution in [3.05, 3.63) is 46.1 Å². The molecule has 1 aliphatic rings. The molecule has 8 heteroatoms. The van der Waals surface area contributed by atoms with Crippen molar-refractivity contribution in [1.82, 2.24) is 10.3 Å². The Morgan fingerprint density at radius 2 is 1.96 bits per heavy atom. The second kappa shape index (κ2) is 7.92. The van der Waals surface area contributed by atoms with Crippen LogP contribution in [0.2, 0.25) is 0 Å². The molecule has 0 atom stereocenters. The van der Waals surface area contributed by atoms with Crippen molar-refractivity contribution in [2.45, 2.75) is 13.8 Å². The van der Waals surface area contributed by atoms with E-state index in [9.17, 15) is 9.59 Å². The predicted octanol–water partition coefficient (Wildman–Crippen LogP) is 3.60. The molecule has 2 aromatic rings. The Morgan fingerprint density at radius 3 is 2.54 bits per heavy atom. The highest BCUT2D eigenvalue weighted by atomic mass is 32.2. The smallest absolute Gasteiger partial charge is 0.291 e. The SMILES string of the molecule is Cc1nc(N(C)CCOc2ccc(C=C3NC(=O)SC3=O)cc2)sc1C. The predicted molar refractivity (Wildman–Crippen MR) is 106 cm³/mol. The zero-order valence-electron chi connectivity index (χ0n) is 14.7. The zero-order valence-corrected chi connectivity index (χ0v) is 16.4. The molecule has 0 saturated carbocycles. The number of aryl methyl sites for hydroxylation is 2. The zero-order chi connectivity index (χ0) is 18.7. The number of hydrogen-bond donors (Lipinski definition) is 1. The minimum Gasteiger partial charge on any atom is -0.492 e. The fourth-order valence-electron chi connectivity index (χ4n) is 2.26. The summed E-state index contributed by atoms with van der Waals surface area (Å²) in [6, 6.07) is 7.39. The summed E-state index contributed by atoms with van der Waals surface area (Å²) >= 11 is 2.35. The van der Waals surface area contributed by atoms with Crippen LogP contribution in [0.15, 0.2) is 30.0 Å². The molecule has 136 valence electrons. The molecule has 1 N–H and O–H groups in total. The number of aromatic nitrogens is 1. The van der Waals surface area contributed by atoms with Gasteiger partial charge in [0.1, 0.15) is 12.4 Å². The van der Waals surface area contributed by atoms with E-state index in [1.54, 1.807) is 17.4 Å². The van der Waals surface area contributed by atoms with Crippen molar-refractivity contribution >= 4 is 44.7 Å². The summed E-state index contributed by atoms with van der Waals surface area (Å²) in [5.74, 6) is 0.753. The Kier molecular flexibility index (Phi) is 5.63. The fourth-order valence-corrected chi connectivity index (χ4v) is 3.71.